The molecular formula is C32H27BN3NaO2. The smallest absolute Gasteiger partial charge is 1.00 e. The summed E-state index contributed by atoms with van der Waals surface area (Å²) in [6, 6.07) is 39.9. The minimum Gasteiger partial charge on any atom is -1.00 e. The van der Waals surface area contributed by atoms with E-state index in [9.17, 15) is 5.11 Å². The van der Waals surface area contributed by atoms with E-state index in [1.165, 1.54) is 0 Å². The third-order valence-electron chi connectivity index (χ3n) is 6.73. The molecule has 186 valence electrons. The first-order chi connectivity index (χ1) is 18.2. The number of aromatic nitrogens is 2. The Morgan fingerprint density at radius 2 is 1.28 bits per heavy atom. The van der Waals surface area contributed by atoms with E-state index in [4.69, 9.17) is 10.00 Å². The molecule has 1 heterocycles. The number of nitrogens with zero attached hydrogens (tertiary/aromatic N) is 2. The molecule has 5 nitrogen and oxygen atoms in total. The van der Waals surface area contributed by atoms with E-state index in [0.717, 1.165) is 22.4 Å². The van der Waals surface area contributed by atoms with Crippen molar-refractivity contribution in [2.45, 2.75) is 17.6 Å². The first kappa shape index (κ1) is 30.1. The van der Waals surface area contributed by atoms with Crippen LogP contribution in [0.15, 0.2) is 128 Å². The van der Waals surface area contributed by atoms with Gasteiger partial charge in [-0.15, -0.1) is 0 Å². The minimum absolute atomic E-state index is 0. The van der Waals surface area contributed by atoms with Crippen molar-refractivity contribution < 1.29 is 39.4 Å². The quantitative estimate of drug-likeness (QED) is 0.232. The van der Waals surface area contributed by atoms with Crippen molar-refractivity contribution in [2.24, 2.45) is 0 Å². The SMILES string of the molecule is N#Cc1ccc(C(O)COC(c2cnc[nH]2)C(c2ccccc2)(c2ccccc2)c2ccccc2)cc1.[B-].[Na+]. The van der Waals surface area contributed by atoms with Gasteiger partial charge >= 0.3 is 29.6 Å². The number of hydrogen-bond acceptors (Lipinski definition) is 4. The van der Waals surface area contributed by atoms with Gasteiger partial charge in [-0.05, 0) is 34.4 Å². The Hall–Kier alpha value is -3.44. The summed E-state index contributed by atoms with van der Waals surface area (Å²) in [6.45, 7) is 0.0455. The summed E-state index contributed by atoms with van der Waals surface area (Å²) in [7, 11) is 0. The topological polar surface area (TPSA) is 81.9 Å². The molecule has 0 aliphatic rings. The van der Waals surface area contributed by atoms with Crippen molar-refractivity contribution in [3.05, 3.63) is 161 Å². The van der Waals surface area contributed by atoms with Gasteiger partial charge in [0.25, 0.3) is 0 Å². The van der Waals surface area contributed by atoms with Gasteiger partial charge in [0, 0.05) is 0 Å². The summed E-state index contributed by atoms with van der Waals surface area (Å²) >= 11 is 0. The van der Waals surface area contributed by atoms with Crippen LogP contribution in [0.4, 0.5) is 0 Å². The first-order valence-electron chi connectivity index (χ1n) is 12.2. The number of ether oxygens (including phenoxy) is 1. The van der Waals surface area contributed by atoms with E-state index in [1.807, 2.05) is 54.6 Å². The molecule has 0 fully saturated rings. The van der Waals surface area contributed by atoms with Gasteiger partial charge in [0.05, 0.1) is 41.9 Å². The Labute approximate surface area is 253 Å². The molecule has 0 saturated heterocycles. The Morgan fingerprint density at radius 1 is 0.795 bits per heavy atom. The van der Waals surface area contributed by atoms with Crippen LogP contribution in [0.5, 0.6) is 0 Å². The number of aromatic amines is 1. The van der Waals surface area contributed by atoms with Crippen LogP contribution in [0.1, 0.15) is 45.7 Å². The second kappa shape index (κ2) is 14.1. The third kappa shape index (κ3) is 6.25. The maximum atomic E-state index is 11.1. The van der Waals surface area contributed by atoms with Crippen molar-refractivity contribution in [2.75, 3.05) is 6.61 Å². The number of hydrogen-bond donors (Lipinski definition) is 2. The van der Waals surface area contributed by atoms with Gasteiger partial charge in [-0.1, -0.05) is 103 Å². The standard InChI is InChI=1S/C32H27N3O2.B.Na/c33-20-24-16-18-25(19-17-24)30(36)22-37-31(29-21-34-23-35-29)32(26-10-4-1-5-11-26,27-12-6-2-7-13-27)28-14-8-3-9-15-28;;/h1-19,21,23,30-31,36H,22H2,(H,34,35);;/q;-1;+1. The third-order valence-corrected chi connectivity index (χ3v) is 6.73. The minimum atomic E-state index is -0.877. The molecule has 0 aliphatic heterocycles. The number of nitrogens with one attached hydrogen (secondary N) is 1. The molecular weight excluding hydrogens is 492 g/mol. The van der Waals surface area contributed by atoms with Crippen molar-refractivity contribution in [3.63, 3.8) is 0 Å². The summed E-state index contributed by atoms with van der Waals surface area (Å²) < 4.78 is 6.70. The molecule has 0 aliphatic carbocycles. The number of H-pyrrole nitrogens is 1. The van der Waals surface area contributed by atoms with E-state index in [1.54, 1.807) is 36.8 Å². The number of aliphatic hydroxyl groups is 1. The largest absolute Gasteiger partial charge is 1.00 e. The second-order valence-corrected chi connectivity index (χ2v) is 8.88. The average Bonchev–Trinajstić information content (AvgIpc) is 3.51. The van der Waals surface area contributed by atoms with Gasteiger partial charge in [0.1, 0.15) is 12.2 Å². The molecule has 2 atom stereocenters. The molecule has 5 aromatic rings. The van der Waals surface area contributed by atoms with Crippen LogP contribution in [0.25, 0.3) is 0 Å². The average molecular weight is 519 g/mol. The fourth-order valence-electron chi connectivity index (χ4n) is 4.98. The number of aliphatic hydroxyl groups excluding tert-OH is 1. The van der Waals surface area contributed by atoms with Crippen molar-refractivity contribution in [3.8, 4) is 6.07 Å². The molecule has 0 bridgehead atoms. The second-order valence-electron chi connectivity index (χ2n) is 8.88. The van der Waals surface area contributed by atoms with Gasteiger partial charge in [0.15, 0.2) is 0 Å². The van der Waals surface area contributed by atoms with Gasteiger partial charge < -0.3 is 23.2 Å². The maximum absolute atomic E-state index is 11.1. The van der Waals surface area contributed by atoms with E-state index in [-0.39, 0.29) is 44.6 Å². The normalized spacial score (nSPS) is 12.3. The van der Waals surface area contributed by atoms with E-state index in [0.29, 0.717) is 11.1 Å². The predicted octanol–water partition coefficient (Wildman–Crippen LogP) is 2.73. The summed E-state index contributed by atoms with van der Waals surface area (Å²) in [5.41, 5.74) is 4.44. The monoisotopic (exact) mass is 519 g/mol. The van der Waals surface area contributed by atoms with Gasteiger partial charge in [-0.3, -0.25) is 0 Å². The Kier molecular flexibility index (Phi) is 10.9. The Bertz CT molecular complexity index is 1350. The van der Waals surface area contributed by atoms with Gasteiger partial charge in [0.2, 0.25) is 0 Å². The van der Waals surface area contributed by atoms with Gasteiger partial charge in [-0.25, -0.2) is 4.98 Å². The van der Waals surface area contributed by atoms with Crippen molar-refractivity contribution >= 4 is 8.41 Å². The molecule has 39 heavy (non-hydrogen) atoms. The molecule has 5 rings (SSSR count). The first-order valence-corrected chi connectivity index (χ1v) is 12.2. The summed E-state index contributed by atoms with van der Waals surface area (Å²) in [5, 5.41) is 20.2. The van der Waals surface area contributed by atoms with Crippen LogP contribution in [0.2, 0.25) is 0 Å². The van der Waals surface area contributed by atoms with E-state index >= 15 is 0 Å². The zero-order valence-corrected chi connectivity index (χ0v) is 23.8. The Balaban J connectivity index is 0.00000210. The molecule has 2 unspecified atom stereocenters. The number of rotatable bonds is 9. The van der Waals surface area contributed by atoms with E-state index < -0.39 is 17.6 Å². The van der Waals surface area contributed by atoms with Crippen LogP contribution in [0, 0.1) is 11.3 Å². The fourth-order valence-corrected chi connectivity index (χ4v) is 4.98. The van der Waals surface area contributed by atoms with Crippen LogP contribution in [-0.4, -0.2) is 30.1 Å². The van der Waals surface area contributed by atoms with Crippen molar-refractivity contribution in [1.82, 2.24) is 9.97 Å². The fraction of sp³-hybridized carbons (Fsp3) is 0.125. The molecule has 7 heteroatoms. The number of nitriles is 1. The summed E-state index contributed by atoms with van der Waals surface area (Å²) in [4.78, 5) is 7.59. The molecule has 0 amide bonds. The molecule has 2 N–H and O–H groups in total. The van der Waals surface area contributed by atoms with Crippen molar-refractivity contribution in [1.29, 1.82) is 5.26 Å². The maximum Gasteiger partial charge on any atom is 1.00 e. The summed E-state index contributed by atoms with van der Waals surface area (Å²) in [6.07, 6.45) is 2.00. The van der Waals surface area contributed by atoms with Crippen LogP contribution < -0.4 is 29.6 Å². The number of benzene rings is 4. The number of imidazole rings is 1. The Morgan fingerprint density at radius 3 is 1.69 bits per heavy atom. The zero-order chi connectivity index (χ0) is 25.5. The van der Waals surface area contributed by atoms with Crippen LogP contribution >= 0.6 is 0 Å². The molecule has 0 saturated carbocycles. The zero-order valence-electron chi connectivity index (χ0n) is 21.8. The molecule has 0 spiro atoms. The van der Waals surface area contributed by atoms with Crippen LogP contribution in [0.3, 0.4) is 0 Å². The van der Waals surface area contributed by atoms with Gasteiger partial charge in [-0.2, -0.15) is 5.26 Å². The summed E-state index contributed by atoms with van der Waals surface area (Å²) in [5.74, 6) is 0. The predicted molar refractivity (Wildman–Crippen MR) is 148 cm³/mol. The van der Waals surface area contributed by atoms with Crippen LogP contribution in [-0.2, 0) is 10.2 Å². The van der Waals surface area contributed by atoms with E-state index in [2.05, 4.69) is 52.4 Å². The molecule has 4 aromatic carbocycles. The molecule has 1 aromatic heterocycles. The molecule has 4 radical (unpaired) electrons.